The van der Waals surface area contributed by atoms with E-state index in [1.54, 1.807) is 6.07 Å². The van der Waals surface area contributed by atoms with E-state index in [1.165, 1.54) is 29.1 Å². The van der Waals surface area contributed by atoms with Crippen molar-refractivity contribution in [3.8, 4) is 0 Å². The average molecular weight is 253 g/mol. The highest BCUT2D eigenvalue weighted by Gasteiger charge is 2.17. The summed E-state index contributed by atoms with van der Waals surface area (Å²) in [5.41, 5.74) is 0.321. The topological polar surface area (TPSA) is 34.9 Å². The first-order chi connectivity index (χ1) is 8.13. The van der Waals surface area contributed by atoms with E-state index in [0.717, 1.165) is 0 Å². The Morgan fingerprint density at radius 1 is 1.47 bits per heavy atom. The first-order valence-electron chi connectivity index (χ1n) is 5.15. The molecule has 17 heavy (non-hydrogen) atoms. The molecule has 1 aromatic carbocycles. The monoisotopic (exact) mass is 252 g/mol. The molecule has 0 aliphatic rings. The van der Waals surface area contributed by atoms with Gasteiger partial charge in [0.1, 0.15) is 11.5 Å². The molecular weight excluding hydrogens is 243 g/mol. The molecule has 2 rings (SSSR count). The molecule has 0 N–H and O–H groups in total. The van der Waals surface area contributed by atoms with Crippen molar-refractivity contribution in [3.05, 3.63) is 52.6 Å². The lowest BCUT2D eigenvalue weighted by molar-refractivity contribution is 0.102. The van der Waals surface area contributed by atoms with Gasteiger partial charge in [-0.25, -0.2) is 4.39 Å². The number of ketones is 1. The molecule has 0 unspecified atom stereocenters. The van der Waals surface area contributed by atoms with E-state index < -0.39 is 11.6 Å². The minimum Gasteiger partial charge on any atom is -0.287 e. The number of hydrogen-bond donors (Lipinski definition) is 0. The summed E-state index contributed by atoms with van der Waals surface area (Å²) in [6.07, 6.45) is 1.51. The van der Waals surface area contributed by atoms with Gasteiger partial charge in [-0.05, 0) is 31.2 Å². The molecule has 2 aromatic rings. The molecule has 0 fully saturated rings. The number of carbonyl (C=O) groups is 1. The Kier molecular flexibility index (Phi) is 3.24. The van der Waals surface area contributed by atoms with E-state index in [1.807, 2.05) is 6.92 Å². The van der Waals surface area contributed by atoms with Crippen LogP contribution in [-0.4, -0.2) is 15.6 Å². The second kappa shape index (κ2) is 4.67. The van der Waals surface area contributed by atoms with Gasteiger partial charge in [0.05, 0.1) is 5.56 Å². The Labute approximate surface area is 103 Å². The van der Waals surface area contributed by atoms with E-state index in [-0.39, 0.29) is 5.56 Å². The second-order valence-corrected chi connectivity index (χ2v) is 3.92. The SMILES string of the molecule is CCn1nccc1C(=O)c1cc(Cl)ccc1F. The van der Waals surface area contributed by atoms with Crippen LogP contribution in [0.1, 0.15) is 23.0 Å². The lowest BCUT2D eigenvalue weighted by Gasteiger charge is -2.05. The third-order valence-electron chi connectivity index (χ3n) is 2.42. The quantitative estimate of drug-likeness (QED) is 0.788. The van der Waals surface area contributed by atoms with Crippen LogP contribution in [0, 0.1) is 5.82 Å². The van der Waals surface area contributed by atoms with Crippen LogP contribution >= 0.6 is 11.6 Å². The van der Waals surface area contributed by atoms with Gasteiger partial charge in [0.25, 0.3) is 0 Å². The van der Waals surface area contributed by atoms with Gasteiger partial charge in [-0.3, -0.25) is 9.48 Å². The molecule has 0 amide bonds. The van der Waals surface area contributed by atoms with E-state index >= 15 is 0 Å². The molecule has 0 saturated carbocycles. The van der Waals surface area contributed by atoms with Gasteiger partial charge < -0.3 is 0 Å². The number of hydrogen-bond acceptors (Lipinski definition) is 2. The number of nitrogens with zero attached hydrogens (tertiary/aromatic N) is 2. The second-order valence-electron chi connectivity index (χ2n) is 3.49. The van der Waals surface area contributed by atoms with Crippen LogP contribution in [0.25, 0.3) is 0 Å². The Balaban J connectivity index is 2.47. The lowest BCUT2D eigenvalue weighted by Crippen LogP contribution is -2.11. The van der Waals surface area contributed by atoms with Crippen molar-refractivity contribution in [2.45, 2.75) is 13.5 Å². The first-order valence-corrected chi connectivity index (χ1v) is 5.53. The van der Waals surface area contributed by atoms with E-state index in [9.17, 15) is 9.18 Å². The van der Waals surface area contributed by atoms with E-state index in [4.69, 9.17) is 11.6 Å². The predicted molar refractivity (Wildman–Crippen MR) is 62.7 cm³/mol. The van der Waals surface area contributed by atoms with Gasteiger partial charge in [0, 0.05) is 17.8 Å². The molecule has 0 spiro atoms. The van der Waals surface area contributed by atoms with Gasteiger partial charge in [-0.2, -0.15) is 5.10 Å². The smallest absolute Gasteiger partial charge is 0.214 e. The molecule has 3 nitrogen and oxygen atoms in total. The minimum absolute atomic E-state index is 0.0345. The first kappa shape index (κ1) is 11.8. The average Bonchev–Trinajstić information content (AvgIpc) is 2.79. The zero-order chi connectivity index (χ0) is 12.4. The maximum absolute atomic E-state index is 13.5. The fourth-order valence-electron chi connectivity index (χ4n) is 1.59. The number of carbonyl (C=O) groups excluding carboxylic acids is 1. The summed E-state index contributed by atoms with van der Waals surface area (Å²) in [5.74, 6) is -0.993. The van der Waals surface area contributed by atoms with Gasteiger partial charge in [-0.1, -0.05) is 11.6 Å². The molecule has 88 valence electrons. The van der Waals surface area contributed by atoms with Gasteiger partial charge in [0.15, 0.2) is 0 Å². The molecule has 5 heteroatoms. The molecule has 0 saturated heterocycles. The maximum Gasteiger partial charge on any atom is 0.214 e. The largest absolute Gasteiger partial charge is 0.287 e. The fraction of sp³-hybridized carbons (Fsp3) is 0.167. The van der Waals surface area contributed by atoms with Crippen LogP contribution in [0.4, 0.5) is 4.39 Å². The van der Waals surface area contributed by atoms with Crippen LogP contribution in [0.15, 0.2) is 30.5 Å². The molecule has 0 atom stereocenters. The molecule has 0 aliphatic carbocycles. The van der Waals surface area contributed by atoms with Crippen molar-refractivity contribution < 1.29 is 9.18 Å². The summed E-state index contributed by atoms with van der Waals surface area (Å²) >= 11 is 5.75. The van der Waals surface area contributed by atoms with Crippen molar-refractivity contribution in [2.75, 3.05) is 0 Å². The summed E-state index contributed by atoms with van der Waals surface area (Å²) in [7, 11) is 0. The summed E-state index contributed by atoms with van der Waals surface area (Å²) < 4.78 is 15.1. The number of benzene rings is 1. The number of aryl methyl sites for hydroxylation is 1. The maximum atomic E-state index is 13.5. The van der Waals surface area contributed by atoms with Crippen LogP contribution in [0.3, 0.4) is 0 Å². The molecule has 0 bridgehead atoms. The number of halogens is 2. The van der Waals surface area contributed by atoms with Crippen molar-refractivity contribution in [3.63, 3.8) is 0 Å². The summed E-state index contributed by atoms with van der Waals surface area (Å²) in [4.78, 5) is 12.1. The third kappa shape index (κ3) is 2.22. The number of aromatic nitrogens is 2. The highest BCUT2D eigenvalue weighted by atomic mass is 35.5. The normalized spacial score (nSPS) is 10.5. The van der Waals surface area contributed by atoms with Crippen molar-refractivity contribution in [2.24, 2.45) is 0 Å². The van der Waals surface area contributed by atoms with Crippen molar-refractivity contribution in [1.82, 2.24) is 9.78 Å². The summed E-state index contributed by atoms with van der Waals surface area (Å²) in [5, 5.41) is 4.30. The van der Waals surface area contributed by atoms with Gasteiger partial charge in [0.2, 0.25) is 5.78 Å². The molecule has 0 aliphatic heterocycles. The highest BCUT2D eigenvalue weighted by molar-refractivity contribution is 6.31. The predicted octanol–water partition coefficient (Wildman–Crippen LogP) is 2.93. The van der Waals surface area contributed by atoms with Crippen LogP contribution in [0.5, 0.6) is 0 Å². The fourth-order valence-corrected chi connectivity index (χ4v) is 1.76. The van der Waals surface area contributed by atoms with Gasteiger partial charge >= 0.3 is 0 Å². The van der Waals surface area contributed by atoms with Gasteiger partial charge in [-0.15, -0.1) is 0 Å². The Bertz CT molecular complexity index is 565. The van der Waals surface area contributed by atoms with Crippen LogP contribution in [0.2, 0.25) is 5.02 Å². The van der Waals surface area contributed by atoms with Crippen LogP contribution < -0.4 is 0 Å². The van der Waals surface area contributed by atoms with Crippen molar-refractivity contribution in [1.29, 1.82) is 0 Å². The molecule has 1 aromatic heterocycles. The lowest BCUT2D eigenvalue weighted by atomic mass is 10.1. The van der Waals surface area contributed by atoms with E-state index in [0.29, 0.717) is 17.3 Å². The Hall–Kier alpha value is -1.68. The Morgan fingerprint density at radius 2 is 2.24 bits per heavy atom. The minimum atomic E-state index is -0.580. The summed E-state index contributed by atoms with van der Waals surface area (Å²) in [6, 6.07) is 5.48. The standard InChI is InChI=1S/C12H10ClFN2O/c1-2-16-11(5-6-15-16)12(17)9-7-8(13)3-4-10(9)14/h3-7H,2H2,1H3. The zero-order valence-electron chi connectivity index (χ0n) is 9.15. The summed E-state index contributed by atoms with van der Waals surface area (Å²) in [6.45, 7) is 2.41. The van der Waals surface area contributed by atoms with E-state index in [2.05, 4.69) is 5.10 Å². The highest BCUT2D eigenvalue weighted by Crippen LogP contribution is 2.18. The molecular formula is C12H10ClFN2O. The zero-order valence-corrected chi connectivity index (χ0v) is 9.91. The molecule has 0 radical (unpaired) electrons. The number of rotatable bonds is 3. The third-order valence-corrected chi connectivity index (χ3v) is 2.66. The van der Waals surface area contributed by atoms with Crippen LogP contribution in [-0.2, 0) is 6.54 Å². The molecule has 1 heterocycles. The van der Waals surface area contributed by atoms with Crippen molar-refractivity contribution >= 4 is 17.4 Å². The Morgan fingerprint density at radius 3 is 2.94 bits per heavy atom.